The summed E-state index contributed by atoms with van der Waals surface area (Å²) in [6.07, 6.45) is 0. The zero-order valence-electron chi connectivity index (χ0n) is 6.07. The molecule has 74 valence electrons. The fraction of sp³-hybridized carbons (Fsp3) is 1.00. The molecule has 0 aliphatic heterocycles. The third-order valence-corrected chi connectivity index (χ3v) is 0. The summed E-state index contributed by atoms with van der Waals surface area (Å²) in [5, 5.41) is 14.2. The lowest BCUT2D eigenvalue weighted by atomic mass is 11.8. The fourth-order valence-electron chi connectivity index (χ4n) is 0. The first-order valence-corrected chi connectivity index (χ1v) is 4.46. The molecule has 0 aromatic rings. The average Bonchev–Trinajstić information content (AvgIpc) is 1.96. The number of aliphatic hydroxyl groups is 2. The minimum atomic E-state index is -0.750. The van der Waals surface area contributed by atoms with Crippen molar-refractivity contribution in [2.24, 2.45) is 0 Å². The maximum Gasteiger partial charge on any atom is 0.180 e. The molecule has 2 nitrogen and oxygen atoms in total. The van der Waals surface area contributed by atoms with Gasteiger partial charge >= 0.3 is 0 Å². The number of hydrogen-bond acceptors (Lipinski definition) is 2. The van der Waals surface area contributed by atoms with Crippen molar-refractivity contribution in [3.05, 3.63) is 0 Å². The van der Waals surface area contributed by atoms with Gasteiger partial charge in [-0.3, -0.25) is 0 Å². The Labute approximate surface area is 92.0 Å². The zero-order valence-corrected chi connectivity index (χ0v) is 9.85. The van der Waals surface area contributed by atoms with Crippen LogP contribution in [0.25, 0.3) is 0 Å². The molecule has 11 heavy (non-hydrogen) atoms. The average molecular weight is 268 g/mol. The first-order valence-electron chi connectivity index (χ1n) is 2.08. The van der Waals surface area contributed by atoms with Gasteiger partial charge in [-0.2, -0.15) is 0 Å². The molecular formula is C4H11Cl5O2. The highest BCUT2D eigenvalue weighted by Gasteiger charge is 1.78. The van der Waals surface area contributed by atoms with E-state index in [9.17, 15) is 0 Å². The molecule has 2 N–H and O–H groups in total. The Morgan fingerprint density at radius 2 is 0.909 bits per heavy atom. The second-order valence-corrected chi connectivity index (χ2v) is 3.14. The van der Waals surface area contributed by atoms with Crippen LogP contribution in [0.5, 0.6) is 0 Å². The number of alkyl halides is 5. The maximum atomic E-state index is 7.00. The predicted molar refractivity (Wildman–Crippen MR) is 54.2 cm³/mol. The molecular weight excluding hydrogens is 257 g/mol. The number of halogens is 5. The molecule has 0 aromatic carbocycles. The van der Waals surface area contributed by atoms with E-state index in [4.69, 9.17) is 68.2 Å². The SMILES string of the molecule is CO.CO.ClC(Cl)Cl.ClCCl. The van der Waals surface area contributed by atoms with E-state index in [0.29, 0.717) is 0 Å². The standard InChI is InChI=1S/CHCl3.CH2Cl2.2CH4O/c2-1(3)4;2-1-3;2*1-2/h1H;1H2;2*2H,1H3. The second-order valence-electron chi connectivity index (χ2n) is 0.348. The van der Waals surface area contributed by atoms with Crippen molar-refractivity contribution in [1.29, 1.82) is 0 Å². The molecule has 0 unspecified atom stereocenters. The van der Waals surface area contributed by atoms with Crippen LogP contribution in [-0.2, 0) is 0 Å². The lowest BCUT2D eigenvalue weighted by Crippen LogP contribution is -1.55. The van der Waals surface area contributed by atoms with E-state index in [1.165, 1.54) is 0 Å². The van der Waals surface area contributed by atoms with Crippen LogP contribution in [-0.4, -0.2) is 34.1 Å². The van der Waals surface area contributed by atoms with Gasteiger partial charge in [0.25, 0.3) is 0 Å². The summed E-state index contributed by atoms with van der Waals surface area (Å²) in [6, 6.07) is 0. The van der Waals surface area contributed by atoms with Gasteiger partial charge in [-0.05, 0) is 0 Å². The van der Waals surface area contributed by atoms with Gasteiger partial charge in [0.2, 0.25) is 0 Å². The highest BCUT2D eigenvalue weighted by molar-refractivity contribution is 6.63. The largest absolute Gasteiger partial charge is 0.400 e. The quantitative estimate of drug-likeness (QED) is 0.663. The van der Waals surface area contributed by atoms with Crippen molar-refractivity contribution >= 4 is 58.0 Å². The van der Waals surface area contributed by atoms with Crippen molar-refractivity contribution in [2.75, 3.05) is 19.6 Å². The van der Waals surface area contributed by atoms with Crippen molar-refractivity contribution < 1.29 is 10.2 Å². The molecule has 0 amide bonds. The van der Waals surface area contributed by atoms with Gasteiger partial charge < -0.3 is 10.2 Å². The van der Waals surface area contributed by atoms with Crippen molar-refractivity contribution in [2.45, 2.75) is 4.30 Å². The summed E-state index contributed by atoms with van der Waals surface area (Å²) in [6.45, 7) is 0. The van der Waals surface area contributed by atoms with Gasteiger partial charge in [-0.25, -0.2) is 0 Å². The highest BCUT2D eigenvalue weighted by Crippen LogP contribution is 2.03. The van der Waals surface area contributed by atoms with E-state index in [1.807, 2.05) is 0 Å². The van der Waals surface area contributed by atoms with Crippen LogP contribution in [0.15, 0.2) is 0 Å². The second kappa shape index (κ2) is 42.4. The van der Waals surface area contributed by atoms with Gasteiger partial charge in [0.1, 0.15) is 0 Å². The van der Waals surface area contributed by atoms with E-state index in [0.717, 1.165) is 14.2 Å². The van der Waals surface area contributed by atoms with Crippen molar-refractivity contribution in [3.8, 4) is 0 Å². The normalized spacial score (nSPS) is 6.00. The van der Waals surface area contributed by atoms with Gasteiger partial charge in [0.05, 0.1) is 5.34 Å². The Morgan fingerprint density at radius 3 is 0.909 bits per heavy atom. The third kappa shape index (κ3) is 532. The van der Waals surface area contributed by atoms with Gasteiger partial charge in [-0.1, -0.05) is 34.8 Å². The van der Waals surface area contributed by atoms with Crippen LogP contribution in [0.4, 0.5) is 0 Å². The molecule has 0 aliphatic rings. The van der Waals surface area contributed by atoms with E-state index in [2.05, 4.69) is 0 Å². The Bertz CT molecular complexity index is 27.7. The molecule has 0 aliphatic carbocycles. The maximum absolute atomic E-state index is 7.00. The Morgan fingerprint density at radius 1 is 0.909 bits per heavy atom. The van der Waals surface area contributed by atoms with Gasteiger partial charge in [0.15, 0.2) is 4.30 Å². The minimum Gasteiger partial charge on any atom is -0.400 e. The molecule has 0 bridgehead atoms. The van der Waals surface area contributed by atoms with Crippen LogP contribution in [0.2, 0.25) is 0 Å². The van der Waals surface area contributed by atoms with E-state index < -0.39 is 4.30 Å². The fourth-order valence-corrected chi connectivity index (χ4v) is 0. The van der Waals surface area contributed by atoms with E-state index in [1.54, 1.807) is 0 Å². The molecule has 0 radical (unpaired) electrons. The van der Waals surface area contributed by atoms with Crippen molar-refractivity contribution in [1.82, 2.24) is 0 Å². The van der Waals surface area contributed by atoms with Gasteiger partial charge in [-0.15, -0.1) is 23.2 Å². The highest BCUT2D eigenvalue weighted by atomic mass is 35.6. The van der Waals surface area contributed by atoms with Crippen LogP contribution in [0.3, 0.4) is 0 Å². The number of rotatable bonds is 0. The predicted octanol–water partition coefficient (Wildman–Crippen LogP) is 2.62. The molecule has 0 atom stereocenters. The first kappa shape index (κ1) is 22.8. The smallest absolute Gasteiger partial charge is 0.180 e. The molecule has 0 heterocycles. The summed E-state index contributed by atoms with van der Waals surface area (Å²) in [5.74, 6) is 0. The monoisotopic (exact) mass is 266 g/mol. The Kier molecular flexibility index (Phi) is 88.0. The number of aliphatic hydroxyl groups excluding tert-OH is 2. The molecule has 0 fully saturated rings. The summed E-state index contributed by atoms with van der Waals surface area (Å²) >= 11 is 23.9. The molecule has 0 saturated heterocycles. The van der Waals surface area contributed by atoms with E-state index in [-0.39, 0.29) is 5.34 Å². The number of hydrogen-bond donors (Lipinski definition) is 2. The summed E-state index contributed by atoms with van der Waals surface area (Å²) in [7, 11) is 2.00. The Balaban J connectivity index is -0.0000000315. The Hall–Kier alpha value is 1.37. The molecule has 7 heteroatoms. The lowest BCUT2D eigenvalue weighted by Gasteiger charge is -1.69. The van der Waals surface area contributed by atoms with E-state index >= 15 is 0 Å². The summed E-state index contributed by atoms with van der Waals surface area (Å²) < 4.78 is -0.750. The molecule has 0 saturated carbocycles. The molecule has 0 rings (SSSR count). The summed E-state index contributed by atoms with van der Waals surface area (Å²) in [5.41, 5.74) is 0. The molecule has 0 aromatic heterocycles. The molecule has 0 spiro atoms. The summed E-state index contributed by atoms with van der Waals surface area (Å²) in [4.78, 5) is 0. The van der Waals surface area contributed by atoms with Crippen LogP contribution in [0.1, 0.15) is 0 Å². The zero-order chi connectivity index (χ0) is 10.3. The lowest BCUT2D eigenvalue weighted by molar-refractivity contribution is 0.399. The van der Waals surface area contributed by atoms with Crippen molar-refractivity contribution in [3.63, 3.8) is 0 Å². The van der Waals surface area contributed by atoms with Crippen LogP contribution in [0, 0.1) is 0 Å². The topological polar surface area (TPSA) is 40.5 Å². The minimum absolute atomic E-state index is 0.194. The van der Waals surface area contributed by atoms with Gasteiger partial charge in [0, 0.05) is 14.2 Å². The van der Waals surface area contributed by atoms with Crippen LogP contribution >= 0.6 is 58.0 Å². The van der Waals surface area contributed by atoms with Crippen LogP contribution < -0.4 is 0 Å². The first-order chi connectivity index (χ1) is 5.15. The third-order valence-electron chi connectivity index (χ3n) is 0.